The molecule has 0 aliphatic carbocycles. The first-order valence-electron chi connectivity index (χ1n) is 7.00. The van der Waals surface area contributed by atoms with E-state index < -0.39 is 0 Å². The van der Waals surface area contributed by atoms with Gasteiger partial charge in [-0.05, 0) is 26.3 Å². The number of hydrogen-bond acceptors (Lipinski definition) is 5. The number of nitrogens with zero attached hydrogens (tertiary/aromatic N) is 1. The fourth-order valence-corrected chi connectivity index (χ4v) is 2.26. The molecular weight excluding hydrogens is 246 g/mol. The van der Waals surface area contributed by atoms with E-state index in [0.717, 1.165) is 12.8 Å². The molecule has 1 aliphatic heterocycles. The first-order chi connectivity index (χ1) is 9.19. The fraction of sp³-hybridized carbons (Fsp3) is 0.923. The number of methoxy groups -OCH3 is 1. The van der Waals surface area contributed by atoms with Crippen molar-refractivity contribution in [2.75, 3.05) is 46.6 Å². The van der Waals surface area contributed by atoms with E-state index in [2.05, 4.69) is 5.32 Å². The minimum absolute atomic E-state index is 0.136. The van der Waals surface area contributed by atoms with Gasteiger partial charge in [-0.25, -0.2) is 0 Å². The van der Waals surface area contributed by atoms with Crippen molar-refractivity contribution in [2.45, 2.75) is 31.8 Å². The Kier molecular flexibility index (Phi) is 7.97. The zero-order chi connectivity index (χ0) is 14.1. The molecule has 0 bridgehead atoms. The summed E-state index contributed by atoms with van der Waals surface area (Å²) in [5.74, 6) is 0.136. The molecule has 1 rings (SSSR count). The Balaban J connectivity index is 2.40. The third-order valence-corrected chi connectivity index (χ3v) is 3.30. The normalized spacial score (nSPS) is 19.2. The topological polar surface area (TPSA) is 76.8 Å². The van der Waals surface area contributed by atoms with Crippen molar-refractivity contribution in [1.82, 2.24) is 10.2 Å². The molecule has 6 heteroatoms. The van der Waals surface area contributed by atoms with Gasteiger partial charge >= 0.3 is 0 Å². The monoisotopic (exact) mass is 273 g/mol. The van der Waals surface area contributed by atoms with Gasteiger partial charge in [0, 0.05) is 26.2 Å². The molecule has 0 saturated carbocycles. The highest BCUT2D eigenvalue weighted by atomic mass is 16.5. The van der Waals surface area contributed by atoms with E-state index in [9.17, 15) is 4.79 Å². The largest absolute Gasteiger partial charge is 0.383 e. The summed E-state index contributed by atoms with van der Waals surface area (Å²) in [6.45, 7) is 5.79. The summed E-state index contributed by atoms with van der Waals surface area (Å²) in [5, 5.41) is 3.34. The number of carbonyl (C=O) groups excluding carboxylic acids is 1. The molecule has 2 atom stereocenters. The first-order valence-corrected chi connectivity index (χ1v) is 7.00. The minimum Gasteiger partial charge on any atom is -0.383 e. The molecule has 19 heavy (non-hydrogen) atoms. The standard InChI is InChI=1S/C13H27N3O3/c1-11(13(17)16-6-8-19-9-7-16)15-12(10-18-2)4-3-5-14/h11-12,15H,3-10,14H2,1-2H3. The van der Waals surface area contributed by atoms with E-state index in [1.165, 1.54) is 0 Å². The van der Waals surface area contributed by atoms with Crippen molar-refractivity contribution in [2.24, 2.45) is 5.73 Å². The second-order valence-corrected chi connectivity index (χ2v) is 4.91. The zero-order valence-electron chi connectivity index (χ0n) is 12.1. The summed E-state index contributed by atoms with van der Waals surface area (Å²) in [5.41, 5.74) is 5.52. The van der Waals surface area contributed by atoms with Crippen LogP contribution in [0.3, 0.4) is 0 Å². The first kappa shape index (κ1) is 16.4. The molecule has 0 radical (unpaired) electrons. The van der Waals surface area contributed by atoms with Crippen LogP contribution in [-0.4, -0.2) is 69.5 Å². The highest BCUT2D eigenvalue weighted by molar-refractivity contribution is 5.81. The molecular formula is C13H27N3O3. The van der Waals surface area contributed by atoms with Gasteiger partial charge in [0.05, 0.1) is 25.9 Å². The van der Waals surface area contributed by atoms with E-state index in [1.807, 2.05) is 11.8 Å². The van der Waals surface area contributed by atoms with Crippen LogP contribution in [-0.2, 0) is 14.3 Å². The van der Waals surface area contributed by atoms with Crippen molar-refractivity contribution in [3.63, 3.8) is 0 Å². The minimum atomic E-state index is -0.198. The Morgan fingerprint density at radius 2 is 2.16 bits per heavy atom. The van der Waals surface area contributed by atoms with Crippen LogP contribution in [0.2, 0.25) is 0 Å². The maximum Gasteiger partial charge on any atom is 0.239 e. The van der Waals surface area contributed by atoms with Crippen LogP contribution in [0.1, 0.15) is 19.8 Å². The number of nitrogens with two attached hydrogens (primary N) is 1. The van der Waals surface area contributed by atoms with Crippen molar-refractivity contribution in [1.29, 1.82) is 0 Å². The van der Waals surface area contributed by atoms with E-state index in [0.29, 0.717) is 39.5 Å². The lowest BCUT2D eigenvalue weighted by Crippen LogP contribution is -2.52. The van der Waals surface area contributed by atoms with E-state index in [-0.39, 0.29) is 18.0 Å². The van der Waals surface area contributed by atoms with Crippen molar-refractivity contribution >= 4 is 5.91 Å². The number of hydrogen-bond donors (Lipinski definition) is 2. The summed E-state index contributed by atoms with van der Waals surface area (Å²) in [6.07, 6.45) is 1.85. The lowest BCUT2D eigenvalue weighted by Gasteiger charge is -2.31. The molecule has 0 aromatic heterocycles. The van der Waals surface area contributed by atoms with Crippen LogP contribution < -0.4 is 11.1 Å². The fourth-order valence-electron chi connectivity index (χ4n) is 2.26. The molecule has 112 valence electrons. The summed E-state index contributed by atoms with van der Waals surface area (Å²) in [6, 6.07) is -0.0236. The summed E-state index contributed by atoms with van der Waals surface area (Å²) < 4.78 is 10.4. The van der Waals surface area contributed by atoms with Gasteiger partial charge in [-0.2, -0.15) is 0 Å². The van der Waals surface area contributed by atoms with Crippen LogP contribution in [0.5, 0.6) is 0 Å². The average molecular weight is 273 g/mol. The molecule has 1 saturated heterocycles. The highest BCUT2D eigenvalue weighted by Gasteiger charge is 2.24. The molecule has 3 N–H and O–H groups in total. The molecule has 0 aromatic carbocycles. The number of amides is 1. The van der Waals surface area contributed by atoms with Crippen LogP contribution in [0.4, 0.5) is 0 Å². The maximum atomic E-state index is 12.3. The SMILES string of the molecule is COCC(CCCN)NC(C)C(=O)N1CCOCC1. The van der Waals surface area contributed by atoms with Gasteiger partial charge in [0.1, 0.15) is 0 Å². The molecule has 0 spiro atoms. The summed E-state index contributed by atoms with van der Waals surface area (Å²) in [7, 11) is 1.67. The van der Waals surface area contributed by atoms with Gasteiger partial charge in [0.15, 0.2) is 0 Å². The third kappa shape index (κ3) is 5.86. The molecule has 2 unspecified atom stereocenters. The Bertz CT molecular complexity index is 258. The number of nitrogens with one attached hydrogen (secondary N) is 1. The van der Waals surface area contributed by atoms with Crippen LogP contribution >= 0.6 is 0 Å². The predicted molar refractivity (Wildman–Crippen MR) is 73.9 cm³/mol. The maximum absolute atomic E-state index is 12.3. The molecule has 6 nitrogen and oxygen atoms in total. The lowest BCUT2D eigenvalue weighted by atomic mass is 10.1. The van der Waals surface area contributed by atoms with Crippen molar-refractivity contribution < 1.29 is 14.3 Å². The van der Waals surface area contributed by atoms with E-state index >= 15 is 0 Å². The Labute approximate surface area is 115 Å². The van der Waals surface area contributed by atoms with Crippen LogP contribution in [0, 0.1) is 0 Å². The van der Waals surface area contributed by atoms with Gasteiger partial charge < -0.3 is 25.4 Å². The van der Waals surface area contributed by atoms with Gasteiger partial charge in [0.2, 0.25) is 5.91 Å². The Morgan fingerprint density at radius 1 is 1.47 bits per heavy atom. The molecule has 0 aromatic rings. The molecule has 1 heterocycles. The lowest BCUT2D eigenvalue weighted by molar-refractivity contribution is -0.137. The van der Waals surface area contributed by atoms with Crippen LogP contribution in [0.15, 0.2) is 0 Å². The van der Waals surface area contributed by atoms with E-state index in [1.54, 1.807) is 7.11 Å². The smallest absolute Gasteiger partial charge is 0.239 e. The number of ether oxygens (including phenoxy) is 2. The van der Waals surface area contributed by atoms with Crippen LogP contribution in [0.25, 0.3) is 0 Å². The Hall–Kier alpha value is -0.690. The van der Waals surface area contributed by atoms with Crippen molar-refractivity contribution in [3.8, 4) is 0 Å². The summed E-state index contributed by atoms with van der Waals surface area (Å²) >= 11 is 0. The van der Waals surface area contributed by atoms with E-state index in [4.69, 9.17) is 15.2 Å². The second-order valence-electron chi connectivity index (χ2n) is 4.91. The number of morpholine rings is 1. The second kappa shape index (κ2) is 9.25. The quantitative estimate of drug-likeness (QED) is 0.628. The average Bonchev–Trinajstić information content (AvgIpc) is 2.45. The predicted octanol–water partition coefficient (Wildman–Crippen LogP) is -0.423. The van der Waals surface area contributed by atoms with Gasteiger partial charge in [-0.1, -0.05) is 0 Å². The zero-order valence-corrected chi connectivity index (χ0v) is 12.1. The highest BCUT2D eigenvalue weighted by Crippen LogP contribution is 2.04. The third-order valence-electron chi connectivity index (χ3n) is 3.30. The summed E-state index contributed by atoms with van der Waals surface area (Å²) in [4.78, 5) is 14.1. The van der Waals surface area contributed by atoms with Crippen molar-refractivity contribution in [3.05, 3.63) is 0 Å². The number of carbonyl (C=O) groups is 1. The van der Waals surface area contributed by atoms with Gasteiger partial charge in [0.25, 0.3) is 0 Å². The molecule has 1 fully saturated rings. The Morgan fingerprint density at radius 3 is 2.74 bits per heavy atom. The molecule has 1 aliphatic rings. The number of rotatable bonds is 8. The van der Waals surface area contributed by atoms with Gasteiger partial charge in [-0.3, -0.25) is 4.79 Å². The van der Waals surface area contributed by atoms with Gasteiger partial charge in [-0.15, -0.1) is 0 Å². The molecule has 1 amide bonds.